The minimum atomic E-state index is -0.857. The van der Waals surface area contributed by atoms with Crippen molar-refractivity contribution in [1.29, 1.82) is 0 Å². The standard InChI is InChI=1S/C15H20N2O3/c1-10-9-13(10)17-15(20)16-12(7-8-14(18)19)11-5-3-2-4-6-11/h2-6,10,12-13H,7-9H2,1H3,(H,18,19)(H2,16,17,20). The molecule has 2 rings (SSSR count). The molecule has 3 unspecified atom stereocenters. The molecule has 0 saturated heterocycles. The summed E-state index contributed by atoms with van der Waals surface area (Å²) in [6.07, 6.45) is 1.42. The molecule has 0 spiro atoms. The number of carbonyl (C=O) groups is 2. The van der Waals surface area contributed by atoms with Crippen molar-refractivity contribution in [3.8, 4) is 0 Å². The molecule has 0 aromatic heterocycles. The molecule has 3 N–H and O–H groups in total. The number of rotatable bonds is 6. The summed E-state index contributed by atoms with van der Waals surface area (Å²) < 4.78 is 0. The summed E-state index contributed by atoms with van der Waals surface area (Å²) in [6.45, 7) is 2.09. The van der Waals surface area contributed by atoms with Crippen molar-refractivity contribution in [1.82, 2.24) is 10.6 Å². The Kier molecular flexibility index (Phi) is 4.61. The average molecular weight is 276 g/mol. The van der Waals surface area contributed by atoms with E-state index in [9.17, 15) is 9.59 Å². The summed E-state index contributed by atoms with van der Waals surface area (Å²) in [5.41, 5.74) is 0.924. The monoisotopic (exact) mass is 276 g/mol. The van der Waals surface area contributed by atoms with Gasteiger partial charge in [-0.15, -0.1) is 0 Å². The molecule has 0 bridgehead atoms. The molecule has 0 aliphatic heterocycles. The molecule has 0 radical (unpaired) electrons. The Morgan fingerprint density at radius 3 is 2.55 bits per heavy atom. The Bertz CT molecular complexity index is 475. The highest BCUT2D eigenvalue weighted by Crippen LogP contribution is 2.29. The number of hydrogen-bond donors (Lipinski definition) is 3. The first kappa shape index (κ1) is 14.4. The maximum atomic E-state index is 11.9. The molecule has 1 aromatic rings. The Balaban J connectivity index is 1.94. The van der Waals surface area contributed by atoms with Crippen LogP contribution in [-0.2, 0) is 4.79 Å². The van der Waals surface area contributed by atoms with Crippen molar-refractivity contribution in [2.45, 2.75) is 38.3 Å². The summed E-state index contributed by atoms with van der Waals surface area (Å²) in [4.78, 5) is 22.6. The van der Waals surface area contributed by atoms with E-state index < -0.39 is 5.97 Å². The second-order valence-corrected chi connectivity index (χ2v) is 5.33. The molecule has 1 aliphatic rings. The smallest absolute Gasteiger partial charge is 0.315 e. The highest BCUT2D eigenvalue weighted by Gasteiger charge is 2.34. The Labute approximate surface area is 118 Å². The maximum Gasteiger partial charge on any atom is 0.315 e. The Hall–Kier alpha value is -2.04. The molecule has 108 valence electrons. The van der Waals surface area contributed by atoms with E-state index in [0.29, 0.717) is 12.3 Å². The van der Waals surface area contributed by atoms with Crippen molar-refractivity contribution in [3.05, 3.63) is 35.9 Å². The first-order valence-electron chi connectivity index (χ1n) is 6.90. The molecule has 0 heterocycles. The van der Waals surface area contributed by atoms with Crippen molar-refractivity contribution in [2.75, 3.05) is 0 Å². The molecule has 1 aliphatic carbocycles. The fraction of sp³-hybridized carbons (Fsp3) is 0.467. The topological polar surface area (TPSA) is 78.4 Å². The lowest BCUT2D eigenvalue weighted by molar-refractivity contribution is -0.137. The normalized spacial score (nSPS) is 21.9. The number of carboxylic acid groups (broad SMARTS) is 1. The summed E-state index contributed by atoms with van der Waals surface area (Å²) in [5.74, 6) is -0.320. The van der Waals surface area contributed by atoms with Gasteiger partial charge in [0.15, 0.2) is 0 Å². The second-order valence-electron chi connectivity index (χ2n) is 5.33. The molecule has 5 nitrogen and oxygen atoms in total. The maximum absolute atomic E-state index is 11.9. The molecule has 2 amide bonds. The third kappa shape index (κ3) is 4.26. The summed E-state index contributed by atoms with van der Waals surface area (Å²) >= 11 is 0. The first-order chi connectivity index (χ1) is 9.56. The molecule has 20 heavy (non-hydrogen) atoms. The van der Waals surface area contributed by atoms with Crippen LogP contribution in [-0.4, -0.2) is 23.1 Å². The number of benzene rings is 1. The molecular weight excluding hydrogens is 256 g/mol. The quantitative estimate of drug-likeness (QED) is 0.746. The Morgan fingerprint density at radius 2 is 2.00 bits per heavy atom. The van der Waals surface area contributed by atoms with Gasteiger partial charge in [-0.2, -0.15) is 0 Å². The van der Waals surface area contributed by atoms with Crippen LogP contribution in [0.15, 0.2) is 30.3 Å². The van der Waals surface area contributed by atoms with Gasteiger partial charge in [0.05, 0.1) is 6.04 Å². The number of hydrogen-bond acceptors (Lipinski definition) is 2. The largest absolute Gasteiger partial charge is 0.481 e. The van der Waals surface area contributed by atoms with Crippen molar-refractivity contribution >= 4 is 12.0 Å². The third-order valence-electron chi connectivity index (χ3n) is 3.58. The molecule has 3 atom stereocenters. The van der Waals surface area contributed by atoms with Gasteiger partial charge >= 0.3 is 12.0 Å². The van der Waals surface area contributed by atoms with Crippen LogP contribution in [0.2, 0.25) is 0 Å². The van der Waals surface area contributed by atoms with E-state index in [1.54, 1.807) is 0 Å². The lowest BCUT2D eigenvalue weighted by Gasteiger charge is -2.19. The first-order valence-corrected chi connectivity index (χ1v) is 6.90. The van der Waals surface area contributed by atoms with Gasteiger partial charge in [0.25, 0.3) is 0 Å². The van der Waals surface area contributed by atoms with Crippen molar-refractivity contribution < 1.29 is 14.7 Å². The van der Waals surface area contributed by atoms with E-state index in [0.717, 1.165) is 12.0 Å². The number of nitrogens with one attached hydrogen (secondary N) is 2. The fourth-order valence-corrected chi connectivity index (χ4v) is 2.17. The van der Waals surface area contributed by atoms with Gasteiger partial charge in [0.1, 0.15) is 0 Å². The number of carbonyl (C=O) groups excluding carboxylic acids is 1. The summed E-state index contributed by atoms with van der Waals surface area (Å²) in [6, 6.07) is 9.20. The summed E-state index contributed by atoms with van der Waals surface area (Å²) in [5, 5.41) is 14.6. The number of amides is 2. The number of urea groups is 1. The van der Waals surface area contributed by atoms with E-state index in [2.05, 4.69) is 17.6 Å². The van der Waals surface area contributed by atoms with E-state index in [4.69, 9.17) is 5.11 Å². The minimum Gasteiger partial charge on any atom is -0.481 e. The second kappa shape index (κ2) is 6.41. The highest BCUT2D eigenvalue weighted by molar-refractivity contribution is 5.75. The van der Waals surface area contributed by atoms with Crippen LogP contribution in [0.3, 0.4) is 0 Å². The van der Waals surface area contributed by atoms with Crippen LogP contribution in [0.1, 0.15) is 37.8 Å². The lowest BCUT2D eigenvalue weighted by Crippen LogP contribution is -2.39. The zero-order valence-corrected chi connectivity index (χ0v) is 11.5. The highest BCUT2D eigenvalue weighted by atomic mass is 16.4. The van der Waals surface area contributed by atoms with Crippen LogP contribution < -0.4 is 10.6 Å². The molecule has 1 saturated carbocycles. The van der Waals surface area contributed by atoms with E-state index in [-0.39, 0.29) is 24.5 Å². The van der Waals surface area contributed by atoms with E-state index in [1.807, 2.05) is 30.3 Å². The predicted molar refractivity (Wildman–Crippen MR) is 75.3 cm³/mol. The zero-order chi connectivity index (χ0) is 14.5. The third-order valence-corrected chi connectivity index (χ3v) is 3.58. The number of aliphatic carboxylic acids is 1. The van der Waals surface area contributed by atoms with Crippen molar-refractivity contribution in [3.63, 3.8) is 0 Å². The van der Waals surface area contributed by atoms with Gasteiger partial charge in [0, 0.05) is 12.5 Å². The van der Waals surface area contributed by atoms with E-state index >= 15 is 0 Å². The predicted octanol–water partition coefficient (Wildman–Crippen LogP) is 2.30. The Morgan fingerprint density at radius 1 is 1.35 bits per heavy atom. The van der Waals surface area contributed by atoms with Gasteiger partial charge in [-0.3, -0.25) is 4.79 Å². The van der Waals surface area contributed by atoms with Crippen LogP contribution >= 0.6 is 0 Å². The van der Waals surface area contributed by atoms with Gasteiger partial charge in [0.2, 0.25) is 0 Å². The van der Waals surface area contributed by atoms with Crippen molar-refractivity contribution in [2.24, 2.45) is 5.92 Å². The van der Waals surface area contributed by atoms with Gasteiger partial charge < -0.3 is 15.7 Å². The van der Waals surface area contributed by atoms with Gasteiger partial charge in [-0.05, 0) is 24.3 Å². The summed E-state index contributed by atoms with van der Waals surface area (Å²) in [7, 11) is 0. The molecule has 1 fully saturated rings. The molecule has 1 aromatic carbocycles. The van der Waals surface area contributed by atoms with Gasteiger partial charge in [-0.1, -0.05) is 37.3 Å². The molecular formula is C15H20N2O3. The average Bonchev–Trinajstić information content (AvgIpc) is 3.10. The lowest BCUT2D eigenvalue weighted by atomic mass is 10.0. The van der Waals surface area contributed by atoms with Gasteiger partial charge in [-0.25, -0.2) is 4.79 Å². The zero-order valence-electron chi connectivity index (χ0n) is 11.5. The SMILES string of the molecule is CC1CC1NC(=O)NC(CCC(=O)O)c1ccccc1. The van der Waals surface area contributed by atoms with Crippen LogP contribution in [0.4, 0.5) is 4.79 Å². The van der Waals surface area contributed by atoms with E-state index in [1.165, 1.54) is 0 Å². The van der Waals surface area contributed by atoms with Crippen LogP contribution in [0, 0.1) is 5.92 Å². The molecule has 5 heteroatoms. The fourth-order valence-electron chi connectivity index (χ4n) is 2.17. The van der Waals surface area contributed by atoms with Crippen LogP contribution in [0.25, 0.3) is 0 Å². The van der Waals surface area contributed by atoms with Crippen LogP contribution in [0.5, 0.6) is 0 Å². The minimum absolute atomic E-state index is 0.0275. The number of carboxylic acids is 1.